The molecule has 0 aliphatic heterocycles. The normalized spacial score (nSPS) is 12.1. The van der Waals surface area contributed by atoms with Gasteiger partial charge in [-0.3, -0.25) is 4.98 Å². The first-order valence-electron chi connectivity index (χ1n) is 5.31. The van der Waals surface area contributed by atoms with E-state index in [4.69, 9.17) is 6.42 Å². The van der Waals surface area contributed by atoms with Gasteiger partial charge in [-0.05, 0) is 38.4 Å². The predicted octanol–water partition coefficient (Wildman–Crippen LogP) is 2.45. The van der Waals surface area contributed by atoms with Crippen LogP contribution in [-0.2, 0) is 0 Å². The zero-order valence-electron chi connectivity index (χ0n) is 9.46. The standard InChI is InChI=1S/C13H18N2/c1-4-5-6-9-12(14-3)13-11(2)8-7-10-15-13/h1,7-8,10,12,14H,5-6,9H2,2-3H3. The van der Waals surface area contributed by atoms with E-state index in [9.17, 15) is 0 Å². The van der Waals surface area contributed by atoms with E-state index in [1.807, 2.05) is 19.3 Å². The number of terminal acetylenes is 1. The summed E-state index contributed by atoms with van der Waals surface area (Å²) in [5.74, 6) is 2.67. The van der Waals surface area contributed by atoms with Crippen LogP contribution in [0.4, 0.5) is 0 Å². The summed E-state index contributed by atoms with van der Waals surface area (Å²) in [6, 6.07) is 4.38. The topological polar surface area (TPSA) is 24.9 Å². The molecule has 0 saturated carbocycles. The summed E-state index contributed by atoms with van der Waals surface area (Å²) in [4.78, 5) is 4.41. The van der Waals surface area contributed by atoms with E-state index < -0.39 is 0 Å². The Balaban J connectivity index is 2.66. The monoisotopic (exact) mass is 202 g/mol. The lowest BCUT2D eigenvalue weighted by Crippen LogP contribution is -2.18. The molecule has 0 aromatic carbocycles. The lowest BCUT2D eigenvalue weighted by atomic mass is 10.0. The molecule has 0 radical (unpaired) electrons. The van der Waals surface area contributed by atoms with Crippen LogP contribution in [0, 0.1) is 19.3 Å². The first-order chi connectivity index (χ1) is 7.29. The highest BCUT2D eigenvalue weighted by atomic mass is 14.9. The molecular formula is C13H18N2. The van der Waals surface area contributed by atoms with E-state index in [0.29, 0.717) is 6.04 Å². The van der Waals surface area contributed by atoms with Crippen LogP contribution in [0.5, 0.6) is 0 Å². The number of unbranched alkanes of at least 4 members (excludes halogenated alkanes) is 1. The number of nitrogens with zero attached hydrogens (tertiary/aromatic N) is 1. The highest BCUT2D eigenvalue weighted by Gasteiger charge is 2.11. The Morgan fingerprint density at radius 3 is 3.00 bits per heavy atom. The van der Waals surface area contributed by atoms with Crippen molar-refractivity contribution in [3.8, 4) is 12.3 Å². The van der Waals surface area contributed by atoms with E-state index in [1.54, 1.807) is 0 Å². The lowest BCUT2D eigenvalue weighted by Gasteiger charge is -2.16. The molecule has 1 aromatic heterocycles. The molecule has 0 spiro atoms. The molecule has 0 aliphatic carbocycles. The van der Waals surface area contributed by atoms with Gasteiger partial charge in [0.05, 0.1) is 5.69 Å². The van der Waals surface area contributed by atoms with Crippen molar-refractivity contribution in [3.63, 3.8) is 0 Å². The molecule has 2 nitrogen and oxygen atoms in total. The molecule has 0 saturated heterocycles. The Hall–Kier alpha value is -1.33. The van der Waals surface area contributed by atoms with Crippen LogP contribution in [0.15, 0.2) is 18.3 Å². The second kappa shape index (κ2) is 6.21. The summed E-state index contributed by atoms with van der Waals surface area (Å²) in [6.07, 6.45) is 10.00. The van der Waals surface area contributed by atoms with Gasteiger partial charge in [0.15, 0.2) is 0 Å². The van der Waals surface area contributed by atoms with Crippen LogP contribution in [0.25, 0.3) is 0 Å². The number of rotatable bonds is 5. The molecule has 1 atom stereocenters. The fourth-order valence-electron chi connectivity index (χ4n) is 1.69. The third-order valence-corrected chi connectivity index (χ3v) is 2.54. The van der Waals surface area contributed by atoms with Crippen molar-refractivity contribution in [3.05, 3.63) is 29.6 Å². The smallest absolute Gasteiger partial charge is 0.0602 e. The quantitative estimate of drug-likeness (QED) is 0.586. The van der Waals surface area contributed by atoms with Crippen molar-refractivity contribution in [2.45, 2.75) is 32.2 Å². The van der Waals surface area contributed by atoms with Gasteiger partial charge in [-0.25, -0.2) is 0 Å². The van der Waals surface area contributed by atoms with Gasteiger partial charge in [0.1, 0.15) is 0 Å². The molecule has 0 bridgehead atoms. The van der Waals surface area contributed by atoms with E-state index >= 15 is 0 Å². The van der Waals surface area contributed by atoms with Gasteiger partial charge in [-0.15, -0.1) is 12.3 Å². The van der Waals surface area contributed by atoms with Crippen LogP contribution in [0.1, 0.15) is 36.6 Å². The molecule has 0 amide bonds. The van der Waals surface area contributed by atoms with E-state index in [2.05, 4.69) is 29.2 Å². The van der Waals surface area contributed by atoms with Crippen molar-refractivity contribution in [1.82, 2.24) is 10.3 Å². The Kier molecular flexibility index (Phi) is 4.86. The number of hydrogen-bond donors (Lipinski definition) is 1. The maximum Gasteiger partial charge on any atom is 0.0602 e. The molecule has 1 heterocycles. The van der Waals surface area contributed by atoms with Crippen LogP contribution in [0.3, 0.4) is 0 Å². The Morgan fingerprint density at radius 2 is 2.40 bits per heavy atom. The Bertz CT molecular complexity index is 339. The molecule has 80 valence electrons. The van der Waals surface area contributed by atoms with E-state index in [-0.39, 0.29) is 0 Å². The van der Waals surface area contributed by atoms with Crippen LogP contribution in [0.2, 0.25) is 0 Å². The minimum atomic E-state index is 0.319. The van der Waals surface area contributed by atoms with Gasteiger partial charge in [-0.1, -0.05) is 6.07 Å². The minimum absolute atomic E-state index is 0.319. The fourth-order valence-corrected chi connectivity index (χ4v) is 1.69. The Labute approximate surface area is 92.1 Å². The highest BCUT2D eigenvalue weighted by Crippen LogP contribution is 2.19. The van der Waals surface area contributed by atoms with Crippen LogP contribution >= 0.6 is 0 Å². The van der Waals surface area contributed by atoms with Crippen LogP contribution < -0.4 is 5.32 Å². The predicted molar refractivity (Wildman–Crippen MR) is 63.5 cm³/mol. The van der Waals surface area contributed by atoms with Gasteiger partial charge < -0.3 is 5.32 Å². The van der Waals surface area contributed by atoms with E-state index in [0.717, 1.165) is 25.0 Å². The number of nitrogens with one attached hydrogen (secondary N) is 1. The second-order valence-corrected chi connectivity index (χ2v) is 3.64. The molecule has 1 N–H and O–H groups in total. The molecule has 0 fully saturated rings. The SMILES string of the molecule is C#CCCCC(NC)c1ncccc1C. The first kappa shape index (κ1) is 11.7. The summed E-state index contributed by atoms with van der Waals surface area (Å²) in [5, 5.41) is 3.29. The van der Waals surface area contributed by atoms with Gasteiger partial charge in [0, 0.05) is 18.7 Å². The van der Waals surface area contributed by atoms with Crippen molar-refractivity contribution < 1.29 is 0 Å². The van der Waals surface area contributed by atoms with Crippen molar-refractivity contribution in [2.24, 2.45) is 0 Å². The molecular weight excluding hydrogens is 184 g/mol. The molecule has 2 heteroatoms. The van der Waals surface area contributed by atoms with Crippen molar-refractivity contribution >= 4 is 0 Å². The van der Waals surface area contributed by atoms with Crippen molar-refractivity contribution in [2.75, 3.05) is 7.05 Å². The lowest BCUT2D eigenvalue weighted by molar-refractivity contribution is 0.517. The molecule has 15 heavy (non-hydrogen) atoms. The van der Waals surface area contributed by atoms with Gasteiger partial charge in [-0.2, -0.15) is 0 Å². The van der Waals surface area contributed by atoms with E-state index in [1.165, 1.54) is 5.56 Å². The molecule has 1 aromatic rings. The summed E-state index contributed by atoms with van der Waals surface area (Å²) in [5.41, 5.74) is 2.37. The zero-order valence-corrected chi connectivity index (χ0v) is 9.46. The van der Waals surface area contributed by atoms with Gasteiger partial charge in [0.2, 0.25) is 0 Å². The highest BCUT2D eigenvalue weighted by molar-refractivity contribution is 5.20. The summed E-state index contributed by atoms with van der Waals surface area (Å²) >= 11 is 0. The number of aryl methyl sites for hydroxylation is 1. The summed E-state index contributed by atoms with van der Waals surface area (Å²) < 4.78 is 0. The summed E-state index contributed by atoms with van der Waals surface area (Å²) in [6.45, 7) is 2.09. The van der Waals surface area contributed by atoms with Crippen molar-refractivity contribution in [1.29, 1.82) is 0 Å². The minimum Gasteiger partial charge on any atom is -0.312 e. The molecule has 0 aliphatic rings. The van der Waals surface area contributed by atoms with Crippen LogP contribution in [-0.4, -0.2) is 12.0 Å². The third-order valence-electron chi connectivity index (χ3n) is 2.54. The van der Waals surface area contributed by atoms with Gasteiger partial charge in [0.25, 0.3) is 0 Å². The second-order valence-electron chi connectivity index (χ2n) is 3.64. The number of hydrogen-bond acceptors (Lipinski definition) is 2. The number of aromatic nitrogens is 1. The summed E-state index contributed by atoms with van der Waals surface area (Å²) in [7, 11) is 1.97. The molecule has 1 unspecified atom stereocenters. The average Bonchev–Trinajstić information content (AvgIpc) is 2.26. The number of pyridine rings is 1. The average molecular weight is 202 g/mol. The Morgan fingerprint density at radius 1 is 1.60 bits per heavy atom. The zero-order chi connectivity index (χ0) is 11.1. The first-order valence-corrected chi connectivity index (χ1v) is 5.31. The maximum atomic E-state index is 5.24. The molecule has 1 rings (SSSR count). The third kappa shape index (κ3) is 3.38. The largest absolute Gasteiger partial charge is 0.312 e. The fraction of sp³-hybridized carbons (Fsp3) is 0.462. The maximum absolute atomic E-state index is 5.24. The van der Waals surface area contributed by atoms with Gasteiger partial charge >= 0.3 is 0 Å².